The van der Waals surface area contributed by atoms with Gasteiger partial charge < -0.3 is 0 Å². The SMILES string of the molecule is CCCC(=O)N1c2ncnn2C(c2ccc(Cl)cc2)CC1c1ccccc1. The number of hydrogen-bond acceptors (Lipinski definition) is 3. The first-order valence-corrected chi connectivity index (χ1v) is 9.58. The minimum Gasteiger partial charge on any atom is -0.274 e. The largest absolute Gasteiger partial charge is 0.274 e. The zero-order valence-electron chi connectivity index (χ0n) is 15.1. The van der Waals surface area contributed by atoms with Crippen LogP contribution in [0, 0.1) is 0 Å². The number of rotatable bonds is 4. The Morgan fingerprint density at radius 2 is 1.78 bits per heavy atom. The number of carbonyl (C=O) groups excluding carboxylic acids is 1. The second kappa shape index (κ2) is 7.53. The van der Waals surface area contributed by atoms with Crippen molar-refractivity contribution >= 4 is 23.5 Å². The van der Waals surface area contributed by atoms with Crippen LogP contribution in [-0.2, 0) is 4.79 Å². The van der Waals surface area contributed by atoms with E-state index in [0.29, 0.717) is 17.4 Å². The van der Waals surface area contributed by atoms with Crippen molar-refractivity contribution in [3.63, 3.8) is 0 Å². The van der Waals surface area contributed by atoms with Gasteiger partial charge >= 0.3 is 0 Å². The molecule has 0 fully saturated rings. The lowest BCUT2D eigenvalue weighted by Crippen LogP contribution is -2.42. The Morgan fingerprint density at radius 1 is 1.07 bits per heavy atom. The van der Waals surface area contributed by atoms with Gasteiger partial charge in [-0.2, -0.15) is 10.1 Å². The smallest absolute Gasteiger partial charge is 0.231 e. The first kappa shape index (κ1) is 17.7. The Hall–Kier alpha value is -2.66. The van der Waals surface area contributed by atoms with Crippen LogP contribution in [0.4, 0.5) is 5.95 Å². The van der Waals surface area contributed by atoms with Gasteiger partial charge in [0.25, 0.3) is 0 Å². The molecule has 0 spiro atoms. The monoisotopic (exact) mass is 380 g/mol. The van der Waals surface area contributed by atoms with Crippen LogP contribution in [0.3, 0.4) is 0 Å². The Bertz CT molecular complexity index is 923. The summed E-state index contributed by atoms with van der Waals surface area (Å²) >= 11 is 6.07. The Morgan fingerprint density at radius 3 is 2.48 bits per heavy atom. The molecule has 0 saturated carbocycles. The van der Waals surface area contributed by atoms with Crippen molar-refractivity contribution in [1.82, 2.24) is 14.8 Å². The third kappa shape index (κ3) is 3.35. The summed E-state index contributed by atoms with van der Waals surface area (Å²) in [6.07, 6.45) is 3.54. The average Bonchev–Trinajstić information content (AvgIpc) is 3.18. The van der Waals surface area contributed by atoms with E-state index >= 15 is 0 Å². The van der Waals surface area contributed by atoms with Crippen LogP contribution in [0.25, 0.3) is 0 Å². The third-order valence-electron chi connectivity index (χ3n) is 4.99. The highest BCUT2D eigenvalue weighted by Crippen LogP contribution is 2.42. The van der Waals surface area contributed by atoms with Gasteiger partial charge in [0.2, 0.25) is 11.9 Å². The molecule has 0 N–H and O–H groups in total. The molecule has 1 aliphatic rings. The number of benzene rings is 2. The average molecular weight is 381 g/mol. The van der Waals surface area contributed by atoms with Crippen LogP contribution in [0.5, 0.6) is 0 Å². The second-order valence-corrected chi connectivity index (χ2v) is 7.18. The first-order valence-electron chi connectivity index (χ1n) is 9.21. The van der Waals surface area contributed by atoms with Gasteiger partial charge in [-0.1, -0.05) is 61.0 Å². The van der Waals surface area contributed by atoms with Gasteiger partial charge in [0, 0.05) is 11.4 Å². The molecule has 0 saturated heterocycles. The lowest BCUT2D eigenvalue weighted by molar-refractivity contribution is -0.119. The van der Waals surface area contributed by atoms with Crippen molar-refractivity contribution in [3.05, 3.63) is 77.1 Å². The molecular weight excluding hydrogens is 360 g/mol. The van der Waals surface area contributed by atoms with Gasteiger partial charge in [-0.3, -0.25) is 9.69 Å². The number of amides is 1. The van der Waals surface area contributed by atoms with Crippen molar-refractivity contribution in [2.45, 2.75) is 38.3 Å². The first-order chi connectivity index (χ1) is 13.2. The van der Waals surface area contributed by atoms with Crippen LogP contribution in [-0.4, -0.2) is 20.7 Å². The fourth-order valence-electron chi connectivity index (χ4n) is 3.73. The van der Waals surface area contributed by atoms with Gasteiger partial charge in [-0.05, 0) is 36.1 Å². The number of fused-ring (bicyclic) bond motifs is 1. The number of carbonyl (C=O) groups is 1. The molecule has 0 aliphatic carbocycles. The fraction of sp³-hybridized carbons (Fsp3) is 0.286. The molecule has 2 heterocycles. The zero-order valence-corrected chi connectivity index (χ0v) is 15.9. The van der Waals surface area contributed by atoms with Crippen molar-refractivity contribution in [2.24, 2.45) is 0 Å². The van der Waals surface area contributed by atoms with Crippen LogP contribution < -0.4 is 4.90 Å². The molecule has 4 rings (SSSR count). The predicted molar refractivity (Wildman–Crippen MR) is 106 cm³/mol. The molecule has 0 radical (unpaired) electrons. The molecule has 0 bridgehead atoms. The Labute approximate surface area is 163 Å². The van der Waals surface area contributed by atoms with E-state index in [0.717, 1.165) is 24.0 Å². The van der Waals surface area contributed by atoms with Crippen LogP contribution in [0.15, 0.2) is 60.9 Å². The van der Waals surface area contributed by atoms with Crippen molar-refractivity contribution < 1.29 is 4.79 Å². The summed E-state index contributed by atoms with van der Waals surface area (Å²) in [6, 6.07) is 17.9. The number of nitrogens with zero attached hydrogens (tertiary/aromatic N) is 4. The summed E-state index contributed by atoms with van der Waals surface area (Å²) in [5, 5.41) is 5.14. The van der Waals surface area contributed by atoms with E-state index in [-0.39, 0.29) is 18.0 Å². The van der Waals surface area contributed by atoms with E-state index in [1.807, 2.05) is 59.0 Å². The van der Waals surface area contributed by atoms with Gasteiger partial charge in [-0.15, -0.1) is 0 Å². The van der Waals surface area contributed by atoms with Crippen molar-refractivity contribution in [2.75, 3.05) is 4.90 Å². The van der Waals surface area contributed by atoms with E-state index in [1.54, 1.807) is 0 Å². The van der Waals surface area contributed by atoms with Gasteiger partial charge in [0.1, 0.15) is 6.33 Å². The molecule has 1 amide bonds. The molecule has 6 heteroatoms. The quantitative estimate of drug-likeness (QED) is 0.653. The molecule has 1 aliphatic heterocycles. The normalized spacial score (nSPS) is 19.0. The second-order valence-electron chi connectivity index (χ2n) is 6.75. The van der Waals surface area contributed by atoms with Gasteiger partial charge in [0.15, 0.2) is 0 Å². The highest BCUT2D eigenvalue weighted by Gasteiger charge is 2.38. The molecule has 2 unspecified atom stereocenters. The van der Waals surface area contributed by atoms with E-state index in [1.165, 1.54) is 6.33 Å². The van der Waals surface area contributed by atoms with E-state index in [9.17, 15) is 4.79 Å². The summed E-state index contributed by atoms with van der Waals surface area (Å²) < 4.78 is 1.86. The van der Waals surface area contributed by atoms with Crippen molar-refractivity contribution in [3.8, 4) is 0 Å². The van der Waals surface area contributed by atoms with Gasteiger partial charge in [0.05, 0.1) is 12.1 Å². The molecule has 5 nitrogen and oxygen atoms in total. The Kier molecular flexibility index (Phi) is 4.94. The summed E-state index contributed by atoms with van der Waals surface area (Å²) in [7, 11) is 0. The molecule has 138 valence electrons. The minimum atomic E-state index is -0.0809. The van der Waals surface area contributed by atoms with E-state index in [4.69, 9.17) is 11.6 Å². The maximum absolute atomic E-state index is 13.0. The van der Waals surface area contributed by atoms with Crippen LogP contribution >= 0.6 is 11.6 Å². The predicted octanol–water partition coefficient (Wildman–Crippen LogP) is 4.80. The zero-order chi connectivity index (χ0) is 18.8. The maximum atomic E-state index is 13.0. The molecular formula is C21H21ClN4O. The lowest BCUT2D eigenvalue weighted by atomic mass is 9.91. The molecule has 3 aromatic rings. The lowest BCUT2D eigenvalue weighted by Gasteiger charge is -2.39. The highest BCUT2D eigenvalue weighted by atomic mass is 35.5. The van der Waals surface area contributed by atoms with Crippen LogP contribution in [0.1, 0.15) is 49.4 Å². The van der Waals surface area contributed by atoms with Crippen LogP contribution in [0.2, 0.25) is 5.02 Å². The van der Waals surface area contributed by atoms with Gasteiger partial charge in [-0.25, -0.2) is 4.68 Å². The topological polar surface area (TPSA) is 51.0 Å². The van der Waals surface area contributed by atoms with E-state index in [2.05, 4.69) is 22.2 Å². The molecule has 27 heavy (non-hydrogen) atoms. The fourth-order valence-corrected chi connectivity index (χ4v) is 3.86. The summed E-state index contributed by atoms with van der Waals surface area (Å²) in [5.41, 5.74) is 2.21. The number of halogens is 1. The number of aromatic nitrogens is 3. The minimum absolute atomic E-state index is 0.00403. The molecule has 2 aromatic carbocycles. The number of anilines is 1. The number of hydrogen-bond donors (Lipinski definition) is 0. The molecule has 1 aromatic heterocycles. The summed E-state index contributed by atoms with van der Waals surface area (Å²) in [5.74, 6) is 0.684. The standard InChI is InChI=1S/C21H21ClN4O/c1-2-6-20(27)25-18(15-7-4-3-5-8-15)13-19(26-21(25)23-14-24-26)16-9-11-17(22)12-10-16/h3-5,7-12,14,18-19H,2,6,13H2,1H3. The summed E-state index contributed by atoms with van der Waals surface area (Å²) in [4.78, 5) is 19.2. The third-order valence-corrected chi connectivity index (χ3v) is 5.25. The summed E-state index contributed by atoms with van der Waals surface area (Å²) in [6.45, 7) is 2.01. The highest BCUT2D eigenvalue weighted by molar-refractivity contribution is 6.30. The maximum Gasteiger partial charge on any atom is 0.231 e. The Balaban J connectivity index is 1.82. The molecule has 2 atom stereocenters. The van der Waals surface area contributed by atoms with Crippen molar-refractivity contribution in [1.29, 1.82) is 0 Å². The van der Waals surface area contributed by atoms with E-state index < -0.39 is 0 Å².